The van der Waals surface area contributed by atoms with Crippen molar-refractivity contribution in [3.05, 3.63) is 35.4 Å². The van der Waals surface area contributed by atoms with E-state index >= 15 is 0 Å². The maximum Gasteiger partial charge on any atom is 0.225 e. The molecule has 0 spiro atoms. The predicted octanol–water partition coefficient (Wildman–Crippen LogP) is 2.71. The summed E-state index contributed by atoms with van der Waals surface area (Å²) in [5.41, 5.74) is 8.02. The molecule has 0 fully saturated rings. The second-order valence-electron chi connectivity index (χ2n) is 6.27. The van der Waals surface area contributed by atoms with Crippen LogP contribution in [0.3, 0.4) is 0 Å². The van der Waals surface area contributed by atoms with Crippen molar-refractivity contribution in [1.29, 1.82) is 0 Å². The zero-order valence-electron chi connectivity index (χ0n) is 14.7. The van der Waals surface area contributed by atoms with E-state index in [0.29, 0.717) is 18.2 Å². The number of halogens is 1. The molecule has 0 aliphatic carbocycles. The fourth-order valence-corrected chi connectivity index (χ4v) is 3.18. The quantitative estimate of drug-likeness (QED) is 0.747. The Labute approximate surface area is 145 Å². The number of fused-ring (bicyclic) bond motifs is 1. The Morgan fingerprint density at radius 3 is 2.80 bits per heavy atom. The van der Waals surface area contributed by atoms with Crippen LogP contribution in [0, 0.1) is 12.7 Å². The number of aryl methyl sites for hydroxylation is 3. The van der Waals surface area contributed by atoms with E-state index in [1.807, 2.05) is 23.2 Å². The molecule has 7 heteroatoms. The number of nitrogens with two attached hydrogens (primary N) is 1. The molecule has 3 rings (SSSR count). The Kier molecular flexibility index (Phi) is 4.57. The maximum absolute atomic E-state index is 13.7. The van der Waals surface area contributed by atoms with Gasteiger partial charge in [-0.1, -0.05) is 13.3 Å². The topological polar surface area (TPSA) is 78.7 Å². The Morgan fingerprint density at radius 1 is 1.36 bits per heavy atom. The summed E-state index contributed by atoms with van der Waals surface area (Å²) in [4.78, 5) is 15.8. The molecule has 0 atom stereocenters. The van der Waals surface area contributed by atoms with Crippen molar-refractivity contribution in [1.82, 2.24) is 19.3 Å². The number of aromatic nitrogens is 4. The monoisotopic (exact) mass is 343 g/mol. The van der Waals surface area contributed by atoms with Gasteiger partial charge < -0.3 is 10.3 Å². The Morgan fingerprint density at radius 2 is 2.12 bits per heavy atom. The highest BCUT2D eigenvalue weighted by Gasteiger charge is 2.21. The van der Waals surface area contributed by atoms with Gasteiger partial charge in [-0.2, -0.15) is 5.10 Å². The van der Waals surface area contributed by atoms with Crippen molar-refractivity contribution in [3.8, 4) is 11.5 Å². The molecule has 2 heterocycles. The van der Waals surface area contributed by atoms with Gasteiger partial charge in [0.15, 0.2) is 11.6 Å². The lowest BCUT2D eigenvalue weighted by Gasteiger charge is -2.08. The normalized spacial score (nSPS) is 11.4. The summed E-state index contributed by atoms with van der Waals surface area (Å²) in [7, 11) is 1.93. The van der Waals surface area contributed by atoms with Crippen LogP contribution in [0.2, 0.25) is 0 Å². The van der Waals surface area contributed by atoms with Crippen molar-refractivity contribution < 1.29 is 9.18 Å². The van der Waals surface area contributed by atoms with Gasteiger partial charge in [-0.3, -0.25) is 4.79 Å². The predicted molar refractivity (Wildman–Crippen MR) is 94.4 cm³/mol. The lowest BCUT2D eigenvalue weighted by atomic mass is 10.1. The first-order chi connectivity index (χ1) is 11.9. The summed E-state index contributed by atoms with van der Waals surface area (Å²) in [6, 6.07) is 4.75. The van der Waals surface area contributed by atoms with Crippen LogP contribution in [0.1, 0.15) is 31.2 Å². The number of rotatable bonds is 6. The largest absolute Gasteiger partial charge is 0.369 e. The van der Waals surface area contributed by atoms with Crippen molar-refractivity contribution in [3.63, 3.8) is 0 Å². The third-order valence-corrected chi connectivity index (χ3v) is 4.40. The second-order valence-corrected chi connectivity index (χ2v) is 6.27. The van der Waals surface area contributed by atoms with Gasteiger partial charge in [0.1, 0.15) is 5.82 Å². The molecule has 0 bridgehead atoms. The minimum absolute atomic E-state index is 0.00371. The van der Waals surface area contributed by atoms with E-state index in [9.17, 15) is 9.18 Å². The van der Waals surface area contributed by atoms with Crippen molar-refractivity contribution >= 4 is 16.8 Å². The molecular weight excluding hydrogens is 321 g/mol. The standard InChI is InChI=1S/C18H22FN5O/c1-4-5-8-24-18(21-16(22-24)10-15(20)25)17-11(2)13-9-12(19)6-7-14(13)23(17)3/h6-7,9H,4-5,8,10H2,1-3H3,(H2,20,25). The number of carbonyl (C=O) groups is 1. The SMILES string of the molecule is CCCCn1nc(CC(N)=O)nc1-c1c(C)c2cc(F)ccc2n1C. The molecule has 1 amide bonds. The average molecular weight is 343 g/mol. The third kappa shape index (κ3) is 3.14. The van der Waals surface area contributed by atoms with Gasteiger partial charge in [-0.25, -0.2) is 14.1 Å². The van der Waals surface area contributed by atoms with Crippen molar-refractivity contribution in [2.45, 2.75) is 39.7 Å². The summed E-state index contributed by atoms with van der Waals surface area (Å²) in [5.74, 6) is 0.361. The number of hydrogen-bond acceptors (Lipinski definition) is 3. The fraction of sp³-hybridized carbons (Fsp3) is 0.389. The van der Waals surface area contributed by atoms with Gasteiger partial charge in [0.05, 0.1) is 12.1 Å². The third-order valence-electron chi connectivity index (χ3n) is 4.40. The molecule has 0 aliphatic rings. The molecule has 132 valence electrons. The van der Waals surface area contributed by atoms with Crippen LogP contribution in [0.4, 0.5) is 4.39 Å². The Hall–Kier alpha value is -2.70. The van der Waals surface area contributed by atoms with Crippen LogP contribution in [0.15, 0.2) is 18.2 Å². The number of unbranched alkanes of at least 4 members (excludes halogenated alkanes) is 1. The molecule has 0 saturated carbocycles. The first-order valence-corrected chi connectivity index (χ1v) is 8.39. The number of carbonyl (C=O) groups excluding carboxylic acids is 1. The van der Waals surface area contributed by atoms with Gasteiger partial charge in [0.2, 0.25) is 5.91 Å². The van der Waals surface area contributed by atoms with E-state index in [1.165, 1.54) is 12.1 Å². The number of amides is 1. The fourth-order valence-electron chi connectivity index (χ4n) is 3.18. The minimum Gasteiger partial charge on any atom is -0.369 e. The first-order valence-electron chi connectivity index (χ1n) is 8.39. The summed E-state index contributed by atoms with van der Waals surface area (Å²) in [6.45, 7) is 4.75. The number of primary amides is 1. The molecule has 0 unspecified atom stereocenters. The highest BCUT2D eigenvalue weighted by Crippen LogP contribution is 2.32. The lowest BCUT2D eigenvalue weighted by Crippen LogP contribution is -2.14. The van der Waals surface area contributed by atoms with E-state index < -0.39 is 5.91 Å². The Balaban J connectivity index is 2.19. The van der Waals surface area contributed by atoms with E-state index in [-0.39, 0.29) is 12.2 Å². The molecule has 0 saturated heterocycles. The maximum atomic E-state index is 13.7. The highest BCUT2D eigenvalue weighted by atomic mass is 19.1. The van der Waals surface area contributed by atoms with Crippen molar-refractivity contribution in [2.24, 2.45) is 12.8 Å². The van der Waals surface area contributed by atoms with Gasteiger partial charge in [-0.05, 0) is 37.1 Å². The number of hydrogen-bond donors (Lipinski definition) is 1. The zero-order valence-corrected chi connectivity index (χ0v) is 14.7. The molecular formula is C18H22FN5O. The van der Waals surface area contributed by atoms with Gasteiger partial charge >= 0.3 is 0 Å². The van der Waals surface area contributed by atoms with Gasteiger partial charge in [-0.15, -0.1) is 0 Å². The van der Waals surface area contributed by atoms with Crippen LogP contribution in [-0.2, 0) is 24.8 Å². The summed E-state index contributed by atoms with van der Waals surface area (Å²) >= 11 is 0. The van der Waals surface area contributed by atoms with Crippen LogP contribution in [0.25, 0.3) is 22.4 Å². The molecule has 0 radical (unpaired) electrons. The lowest BCUT2D eigenvalue weighted by molar-refractivity contribution is -0.117. The molecule has 1 aromatic carbocycles. The molecule has 25 heavy (non-hydrogen) atoms. The summed E-state index contributed by atoms with van der Waals surface area (Å²) < 4.78 is 17.5. The van der Waals surface area contributed by atoms with Gasteiger partial charge in [0.25, 0.3) is 0 Å². The second kappa shape index (κ2) is 6.66. The summed E-state index contributed by atoms with van der Waals surface area (Å²) in [6.07, 6.45) is 1.97. The molecule has 6 nitrogen and oxygen atoms in total. The average Bonchev–Trinajstić information content (AvgIpc) is 3.04. The van der Waals surface area contributed by atoms with Crippen LogP contribution >= 0.6 is 0 Å². The highest BCUT2D eigenvalue weighted by molar-refractivity contribution is 5.90. The number of nitrogens with zero attached hydrogens (tertiary/aromatic N) is 4. The molecule has 2 aromatic heterocycles. The molecule has 0 aliphatic heterocycles. The Bertz CT molecular complexity index is 941. The van der Waals surface area contributed by atoms with Crippen LogP contribution in [0.5, 0.6) is 0 Å². The minimum atomic E-state index is -0.463. The van der Waals surface area contributed by atoms with E-state index in [1.54, 1.807) is 6.07 Å². The zero-order chi connectivity index (χ0) is 18.1. The number of benzene rings is 1. The van der Waals surface area contributed by atoms with E-state index in [0.717, 1.165) is 35.0 Å². The molecule has 2 N–H and O–H groups in total. The van der Waals surface area contributed by atoms with E-state index in [4.69, 9.17) is 5.73 Å². The van der Waals surface area contributed by atoms with Crippen LogP contribution in [-0.4, -0.2) is 25.2 Å². The smallest absolute Gasteiger partial charge is 0.225 e. The van der Waals surface area contributed by atoms with E-state index in [2.05, 4.69) is 17.0 Å². The van der Waals surface area contributed by atoms with Crippen molar-refractivity contribution in [2.75, 3.05) is 0 Å². The molecule has 3 aromatic rings. The van der Waals surface area contributed by atoms with Gasteiger partial charge in [0, 0.05) is 24.5 Å². The first kappa shape index (κ1) is 17.1. The van der Waals surface area contributed by atoms with Crippen LogP contribution < -0.4 is 5.73 Å². The summed E-state index contributed by atoms with van der Waals surface area (Å²) in [5, 5.41) is 5.30.